The number of halogens is 3. The van der Waals surface area contributed by atoms with Crippen molar-refractivity contribution >= 4 is 5.91 Å². The highest BCUT2D eigenvalue weighted by atomic mass is 19.4. The second-order valence-electron chi connectivity index (χ2n) is 8.25. The number of amides is 1. The molecule has 1 aliphatic heterocycles. The van der Waals surface area contributed by atoms with Gasteiger partial charge in [-0.1, -0.05) is 0 Å². The van der Waals surface area contributed by atoms with Crippen LogP contribution in [0.3, 0.4) is 0 Å². The highest BCUT2D eigenvalue weighted by Crippen LogP contribution is 2.30. The summed E-state index contributed by atoms with van der Waals surface area (Å²) in [4.78, 5) is 14.5. The van der Waals surface area contributed by atoms with Crippen LogP contribution in [0.1, 0.15) is 36.1 Å². The van der Waals surface area contributed by atoms with E-state index in [4.69, 9.17) is 4.42 Å². The lowest BCUT2D eigenvalue weighted by Crippen LogP contribution is -2.35. The molecule has 2 aromatic heterocycles. The fourth-order valence-electron chi connectivity index (χ4n) is 4.06. The van der Waals surface area contributed by atoms with Gasteiger partial charge in [-0.05, 0) is 79.9 Å². The van der Waals surface area contributed by atoms with Crippen LogP contribution in [-0.4, -0.2) is 28.5 Å². The molecule has 0 radical (unpaired) electrons. The predicted octanol–water partition coefficient (Wildman–Crippen LogP) is 5.01. The summed E-state index contributed by atoms with van der Waals surface area (Å²) in [6.45, 7) is 3.04. The van der Waals surface area contributed by atoms with E-state index in [0.29, 0.717) is 24.6 Å². The van der Waals surface area contributed by atoms with Crippen molar-refractivity contribution in [3.05, 3.63) is 78.0 Å². The number of alkyl halides is 3. The molecular formula is C24H26F3N3O2. The highest BCUT2D eigenvalue weighted by molar-refractivity contribution is 5.76. The van der Waals surface area contributed by atoms with Crippen LogP contribution in [0.2, 0.25) is 0 Å². The molecule has 0 aliphatic carbocycles. The molecule has 3 heterocycles. The second-order valence-corrected chi connectivity index (χ2v) is 8.25. The Morgan fingerprint density at radius 1 is 1.09 bits per heavy atom. The standard InChI is InChI=1S/C24H26F3N3O2/c25-24(26,27)20-3-5-21(6-4-20)30-12-9-19(17-30)16-29-10-7-18(8-11-29)14-23(31)28-15-22-2-1-13-32-22/h1-6,9,12-13,17-18H,7-8,10-11,14-16H2,(H,28,31). The van der Waals surface area contributed by atoms with Gasteiger partial charge in [-0.15, -0.1) is 0 Å². The number of hydrogen-bond acceptors (Lipinski definition) is 3. The third-order valence-electron chi connectivity index (χ3n) is 5.87. The van der Waals surface area contributed by atoms with Gasteiger partial charge >= 0.3 is 6.18 Å². The zero-order valence-electron chi connectivity index (χ0n) is 17.6. The van der Waals surface area contributed by atoms with Crippen LogP contribution >= 0.6 is 0 Å². The maximum Gasteiger partial charge on any atom is 0.416 e. The Morgan fingerprint density at radius 3 is 2.50 bits per heavy atom. The van der Waals surface area contributed by atoms with Crippen LogP contribution in [0.5, 0.6) is 0 Å². The third-order valence-corrected chi connectivity index (χ3v) is 5.87. The Kier molecular flexibility index (Phi) is 6.69. The van der Waals surface area contributed by atoms with E-state index < -0.39 is 11.7 Å². The number of benzene rings is 1. The predicted molar refractivity (Wildman–Crippen MR) is 114 cm³/mol. The Bertz CT molecular complexity index is 1000. The van der Waals surface area contributed by atoms with Crippen molar-refractivity contribution in [2.45, 2.75) is 38.5 Å². The normalized spacial score (nSPS) is 15.7. The molecule has 1 aromatic carbocycles. The lowest BCUT2D eigenvalue weighted by Gasteiger charge is -2.31. The van der Waals surface area contributed by atoms with Gasteiger partial charge in [-0.3, -0.25) is 9.69 Å². The summed E-state index contributed by atoms with van der Waals surface area (Å²) in [5.74, 6) is 1.17. The molecule has 0 atom stereocenters. The van der Waals surface area contributed by atoms with Gasteiger partial charge in [0.25, 0.3) is 0 Å². The van der Waals surface area contributed by atoms with E-state index in [0.717, 1.165) is 55.9 Å². The zero-order valence-corrected chi connectivity index (χ0v) is 17.6. The number of carbonyl (C=O) groups is 1. The van der Waals surface area contributed by atoms with Crippen molar-refractivity contribution in [1.82, 2.24) is 14.8 Å². The molecule has 32 heavy (non-hydrogen) atoms. The van der Waals surface area contributed by atoms with Gasteiger partial charge < -0.3 is 14.3 Å². The number of likely N-dealkylation sites (tertiary alicyclic amines) is 1. The first-order valence-corrected chi connectivity index (χ1v) is 10.7. The Morgan fingerprint density at radius 2 is 1.84 bits per heavy atom. The van der Waals surface area contributed by atoms with Gasteiger partial charge in [0.1, 0.15) is 5.76 Å². The van der Waals surface area contributed by atoms with Crippen molar-refractivity contribution in [2.24, 2.45) is 5.92 Å². The average Bonchev–Trinajstić information content (AvgIpc) is 3.45. The number of rotatable bonds is 7. The summed E-state index contributed by atoms with van der Waals surface area (Å²) < 4.78 is 45.3. The number of piperidine rings is 1. The molecule has 5 nitrogen and oxygen atoms in total. The van der Waals surface area contributed by atoms with Crippen LogP contribution in [0, 0.1) is 5.92 Å². The topological polar surface area (TPSA) is 50.4 Å². The van der Waals surface area contributed by atoms with Gasteiger partial charge in [-0.25, -0.2) is 0 Å². The lowest BCUT2D eigenvalue weighted by atomic mass is 9.93. The number of carbonyl (C=O) groups excluding carboxylic acids is 1. The number of furan rings is 1. The van der Waals surface area contributed by atoms with E-state index in [2.05, 4.69) is 10.2 Å². The van der Waals surface area contributed by atoms with Gasteiger partial charge in [0.2, 0.25) is 5.91 Å². The van der Waals surface area contributed by atoms with Gasteiger partial charge in [0.15, 0.2) is 0 Å². The van der Waals surface area contributed by atoms with Crippen molar-refractivity contribution in [3.8, 4) is 5.69 Å². The third kappa shape index (κ3) is 5.82. The fourth-order valence-corrected chi connectivity index (χ4v) is 4.06. The van der Waals surface area contributed by atoms with Crippen LogP contribution < -0.4 is 5.32 Å². The zero-order chi connectivity index (χ0) is 22.6. The molecule has 8 heteroatoms. The monoisotopic (exact) mass is 445 g/mol. The molecule has 1 amide bonds. The SMILES string of the molecule is O=C(CC1CCN(Cc2ccn(-c3ccc(C(F)(F)F)cc3)c2)CC1)NCc1ccco1. The molecular weight excluding hydrogens is 419 g/mol. The quantitative estimate of drug-likeness (QED) is 0.556. The van der Waals surface area contributed by atoms with E-state index in [1.807, 2.05) is 29.1 Å². The summed E-state index contributed by atoms with van der Waals surface area (Å²) in [5, 5.41) is 2.90. The molecule has 0 saturated carbocycles. The molecule has 0 unspecified atom stereocenters. The molecule has 1 saturated heterocycles. The highest BCUT2D eigenvalue weighted by Gasteiger charge is 2.30. The number of aromatic nitrogens is 1. The average molecular weight is 445 g/mol. The first-order valence-electron chi connectivity index (χ1n) is 10.7. The summed E-state index contributed by atoms with van der Waals surface area (Å²) >= 11 is 0. The fraction of sp³-hybridized carbons (Fsp3) is 0.375. The summed E-state index contributed by atoms with van der Waals surface area (Å²) in [7, 11) is 0. The Hall–Kier alpha value is -3.00. The Balaban J connectivity index is 1.22. The molecule has 0 spiro atoms. The van der Waals surface area contributed by atoms with Gasteiger partial charge in [0, 0.05) is 31.0 Å². The van der Waals surface area contributed by atoms with E-state index >= 15 is 0 Å². The lowest BCUT2D eigenvalue weighted by molar-refractivity contribution is -0.137. The summed E-state index contributed by atoms with van der Waals surface area (Å²) in [6, 6.07) is 10.8. The van der Waals surface area contributed by atoms with Crippen molar-refractivity contribution in [3.63, 3.8) is 0 Å². The van der Waals surface area contributed by atoms with Crippen LogP contribution in [0.25, 0.3) is 5.69 Å². The molecule has 1 fully saturated rings. The van der Waals surface area contributed by atoms with Crippen LogP contribution in [-0.2, 0) is 24.1 Å². The minimum Gasteiger partial charge on any atom is -0.467 e. The number of nitrogens with one attached hydrogen (secondary N) is 1. The smallest absolute Gasteiger partial charge is 0.416 e. The largest absolute Gasteiger partial charge is 0.467 e. The van der Waals surface area contributed by atoms with Crippen molar-refractivity contribution in [1.29, 1.82) is 0 Å². The van der Waals surface area contributed by atoms with E-state index in [-0.39, 0.29) is 5.91 Å². The maximum absolute atomic E-state index is 12.7. The first-order chi connectivity index (χ1) is 15.4. The Labute approximate surface area is 184 Å². The minimum atomic E-state index is -4.33. The van der Waals surface area contributed by atoms with E-state index in [9.17, 15) is 18.0 Å². The minimum absolute atomic E-state index is 0.0495. The maximum atomic E-state index is 12.7. The van der Waals surface area contributed by atoms with Crippen LogP contribution in [0.4, 0.5) is 13.2 Å². The van der Waals surface area contributed by atoms with E-state index in [1.165, 1.54) is 12.1 Å². The van der Waals surface area contributed by atoms with Crippen molar-refractivity contribution in [2.75, 3.05) is 13.1 Å². The molecule has 170 valence electrons. The number of hydrogen-bond donors (Lipinski definition) is 1. The molecule has 0 bridgehead atoms. The number of nitrogens with zero attached hydrogens (tertiary/aromatic N) is 2. The summed E-state index contributed by atoms with van der Waals surface area (Å²) in [6.07, 6.45) is 3.55. The molecule has 1 N–H and O–H groups in total. The first kappa shape index (κ1) is 22.2. The molecule has 4 rings (SSSR count). The van der Waals surface area contributed by atoms with Gasteiger partial charge in [0.05, 0.1) is 18.4 Å². The molecule has 1 aliphatic rings. The van der Waals surface area contributed by atoms with E-state index in [1.54, 1.807) is 12.3 Å². The van der Waals surface area contributed by atoms with Crippen molar-refractivity contribution < 1.29 is 22.4 Å². The van der Waals surface area contributed by atoms with Crippen LogP contribution in [0.15, 0.2) is 65.5 Å². The second kappa shape index (κ2) is 9.65. The molecule has 3 aromatic rings. The van der Waals surface area contributed by atoms with Gasteiger partial charge in [-0.2, -0.15) is 13.2 Å². The summed E-state index contributed by atoms with van der Waals surface area (Å²) in [5.41, 5.74) is 1.16.